The van der Waals surface area contributed by atoms with E-state index in [1.165, 1.54) is 12.1 Å². The van der Waals surface area contributed by atoms with Crippen molar-refractivity contribution in [3.8, 4) is 5.75 Å². The van der Waals surface area contributed by atoms with Crippen LogP contribution in [0.15, 0.2) is 18.2 Å². The standard InChI is InChI=1S/C15H24FNO2/c1-11(17-9-8-15(2,3)19-5)13-10-12(16)6-7-14(13)18-4/h6-7,10-11,17H,8-9H2,1-5H3. The third-order valence-electron chi connectivity index (χ3n) is 3.39. The number of benzene rings is 1. The summed E-state index contributed by atoms with van der Waals surface area (Å²) in [6.07, 6.45) is 0.880. The fourth-order valence-electron chi connectivity index (χ4n) is 1.85. The zero-order chi connectivity index (χ0) is 14.5. The molecule has 19 heavy (non-hydrogen) atoms. The highest BCUT2D eigenvalue weighted by Crippen LogP contribution is 2.26. The van der Waals surface area contributed by atoms with Gasteiger partial charge >= 0.3 is 0 Å². The Morgan fingerprint density at radius 1 is 1.32 bits per heavy atom. The molecular formula is C15H24FNO2. The maximum Gasteiger partial charge on any atom is 0.123 e. The van der Waals surface area contributed by atoms with Gasteiger partial charge in [0.15, 0.2) is 0 Å². The van der Waals surface area contributed by atoms with Crippen molar-refractivity contribution >= 4 is 0 Å². The van der Waals surface area contributed by atoms with Crippen molar-refractivity contribution in [3.05, 3.63) is 29.6 Å². The maximum absolute atomic E-state index is 13.3. The number of ether oxygens (including phenoxy) is 2. The third kappa shape index (κ3) is 4.80. The van der Waals surface area contributed by atoms with Crippen LogP contribution in [0.2, 0.25) is 0 Å². The maximum atomic E-state index is 13.3. The van der Waals surface area contributed by atoms with Crippen LogP contribution in [0.5, 0.6) is 5.75 Å². The second-order valence-electron chi connectivity index (χ2n) is 5.28. The number of methoxy groups -OCH3 is 2. The van der Waals surface area contributed by atoms with Crippen molar-refractivity contribution in [3.63, 3.8) is 0 Å². The van der Waals surface area contributed by atoms with Gasteiger partial charge in [0, 0.05) is 18.7 Å². The van der Waals surface area contributed by atoms with E-state index in [1.807, 2.05) is 20.8 Å². The van der Waals surface area contributed by atoms with E-state index in [2.05, 4.69) is 5.32 Å². The summed E-state index contributed by atoms with van der Waals surface area (Å²) in [5, 5.41) is 3.36. The first-order chi connectivity index (χ1) is 8.89. The first-order valence-electron chi connectivity index (χ1n) is 6.51. The molecule has 0 aliphatic heterocycles. The van der Waals surface area contributed by atoms with E-state index in [0.29, 0.717) is 5.75 Å². The number of hydrogen-bond acceptors (Lipinski definition) is 3. The summed E-state index contributed by atoms with van der Waals surface area (Å²) >= 11 is 0. The molecule has 3 nitrogen and oxygen atoms in total. The van der Waals surface area contributed by atoms with Gasteiger partial charge in [-0.3, -0.25) is 0 Å². The van der Waals surface area contributed by atoms with Crippen LogP contribution in [0.25, 0.3) is 0 Å². The first kappa shape index (κ1) is 15.9. The molecule has 1 rings (SSSR count). The van der Waals surface area contributed by atoms with Crippen molar-refractivity contribution in [2.45, 2.75) is 38.8 Å². The average Bonchev–Trinajstić information content (AvgIpc) is 2.38. The molecule has 0 saturated carbocycles. The summed E-state index contributed by atoms with van der Waals surface area (Å²) in [7, 11) is 3.30. The molecule has 1 N–H and O–H groups in total. The normalized spacial score (nSPS) is 13.4. The van der Waals surface area contributed by atoms with E-state index in [9.17, 15) is 4.39 Å². The summed E-state index contributed by atoms with van der Waals surface area (Å²) in [6.45, 7) is 6.88. The van der Waals surface area contributed by atoms with Crippen LogP contribution in [0.1, 0.15) is 38.8 Å². The molecule has 0 radical (unpaired) electrons. The Labute approximate surface area is 115 Å². The second kappa shape index (κ2) is 6.87. The van der Waals surface area contributed by atoms with Gasteiger partial charge in [-0.25, -0.2) is 4.39 Å². The third-order valence-corrected chi connectivity index (χ3v) is 3.39. The smallest absolute Gasteiger partial charge is 0.123 e. The minimum atomic E-state index is -0.248. The molecule has 108 valence electrons. The fraction of sp³-hybridized carbons (Fsp3) is 0.600. The predicted octanol–water partition coefficient (Wildman–Crippen LogP) is 3.30. The van der Waals surface area contributed by atoms with Gasteiger partial charge < -0.3 is 14.8 Å². The van der Waals surface area contributed by atoms with E-state index in [0.717, 1.165) is 18.5 Å². The summed E-state index contributed by atoms with van der Waals surface area (Å²) in [5.74, 6) is 0.453. The number of rotatable bonds is 7. The van der Waals surface area contributed by atoms with Gasteiger partial charge in [0.1, 0.15) is 11.6 Å². The monoisotopic (exact) mass is 269 g/mol. The van der Waals surface area contributed by atoms with Crippen molar-refractivity contribution in [1.82, 2.24) is 5.32 Å². The SMILES string of the molecule is COc1ccc(F)cc1C(C)NCCC(C)(C)OC. The Morgan fingerprint density at radius 2 is 2.00 bits per heavy atom. The van der Waals surface area contributed by atoms with Gasteiger partial charge in [0.05, 0.1) is 12.7 Å². The van der Waals surface area contributed by atoms with Crippen LogP contribution in [-0.2, 0) is 4.74 Å². The Kier molecular flexibility index (Phi) is 5.76. The van der Waals surface area contributed by atoms with Crippen LogP contribution in [0, 0.1) is 5.82 Å². The zero-order valence-electron chi connectivity index (χ0n) is 12.4. The molecule has 1 unspecified atom stereocenters. The first-order valence-corrected chi connectivity index (χ1v) is 6.51. The van der Waals surface area contributed by atoms with Gasteiger partial charge in [-0.05, 0) is 51.9 Å². The fourth-order valence-corrected chi connectivity index (χ4v) is 1.85. The van der Waals surface area contributed by atoms with E-state index < -0.39 is 0 Å². The highest BCUT2D eigenvalue weighted by Gasteiger charge is 2.17. The van der Waals surface area contributed by atoms with Crippen molar-refractivity contribution in [2.75, 3.05) is 20.8 Å². The quantitative estimate of drug-likeness (QED) is 0.824. The van der Waals surface area contributed by atoms with Gasteiger partial charge in [-0.1, -0.05) is 0 Å². The molecule has 4 heteroatoms. The Morgan fingerprint density at radius 3 is 2.58 bits per heavy atom. The van der Waals surface area contributed by atoms with E-state index >= 15 is 0 Å². The molecule has 1 aromatic rings. The highest BCUT2D eigenvalue weighted by atomic mass is 19.1. The average molecular weight is 269 g/mol. The van der Waals surface area contributed by atoms with Gasteiger partial charge in [-0.15, -0.1) is 0 Å². The molecule has 0 saturated heterocycles. The lowest BCUT2D eigenvalue weighted by atomic mass is 10.0. The summed E-state index contributed by atoms with van der Waals surface area (Å²) in [6, 6.07) is 4.60. The Balaban J connectivity index is 2.63. The Hall–Kier alpha value is -1.13. The van der Waals surface area contributed by atoms with E-state index in [4.69, 9.17) is 9.47 Å². The topological polar surface area (TPSA) is 30.5 Å². The molecule has 0 aliphatic rings. The van der Waals surface area contributed by atoms with Gasteiger partial charge in [0.2, 0.25) is 0 Å². The van der Waals surface area contributed by atoms with E-state index in [1.54, 1.807) is 20.3 Å². The summed E-state index contributed by atoms with van der Waals surface area (Å²) in [4.78, 5) is 0. The summed E-state index contributed by atoms with van der Waals surface area (Å²) < 4.78 is 23.9. The molecule has 1 atom stereocenters. The molecule has 1 aromatic carbocycles. The lowest BCUT2D eigenvalue weighted by Crippen LogP contribution is -2.30. The minimum Gasteiger partial charge on any atom is -0.496 e. The van der Waals surface area contributed by atoms with Crippen molar-refractivity contribution in [1.29, 1.82) is 0 Å². The number of nitrogens with one attached hydrogen (secondary N) is 1. The number of halogens is 1. The molecule has 0 spiro atoms. The lowest BCUT2D eigenvalue weighted by molar-refractivity contribution is 0.0154. The van der Waals surface area contributed by atoms with Crippen LogP contribution in [-0.4, -0.2) is 26.4 Å². The predicted molar refractivity (Wildman–Crippen MR) is 75.1 cm³/mol. The molecule has 0 fully saturated rings. The largest absolute Gasteiger partial charge is 0.496 e. The molecular weight excluding hydrogens is 245 g/mol. The molecule has 0 amide bonds. The highest BCUT2D eigenvalue weighted by molar-refractivity contribution is 5.36. The van der Waals surface area contributed by atoms with E-state index in [-0.39, 0.29) is 17.5 Å². The second-order valence-corrected chi connectivity index (χ2v) is 5.28. The Bertz CT molecular complexity index is 407. The molecule has 0 aromatic heterocycles. The van der Waals surface area contributed by atoms with Crippen molar-refractivity contribution in [2.24, 2.45) is 0 Å². The van der Waals surface area contributed by atoms with Crippen molar-refractivity contribution < 1.29 is 13.9 Å². The van der Waals surface area contributed by atoms with Crippen LogP contribution in [0.4, 0.5) is 4.39 Å². The molecule has 0 aliphatic carbocycles. The van der Waals surface area contributed by atoms with Crippen LogP contribution < -0.4 is 10.1 Å². The zero-order valence-corrected chi connectivity index (χ0v) is 12.4. The lowest BCUT2D eigenvalue weighted by Gasteiger charge is -2.24. The number of hydrogen-bond donors (Lipinski definition) is 1. The molecule has 0 heterocycles. The van der Waals surface area contributed by atoms with Gasteiger partial charge in [0.25, 0.3) is 0 Å². The van der Waals surface area contributed by atoms with Crippen LogP contribution in [0.3, 0.4) is 0 Å². The van der Waals surface area contributed by atoms with Crippen LogP contribution >= 0.6 is 0 Å². The molecule has 0 bridgehead atoms. The summed E-state index contributed by atoms with van der Waals surface area (Å²) in [5.41, 5.74) is 0.677. The van der Waals surface area contributed by atoms with Gasteiger partial charge in [-0.2, -0.15) is 0 Å². The minimum absolute atomic E-state index is 0.0262.